The molecule has 0 spiro atoms. The lowest BCUT2D eigenvalue weighted by Crippen LogP contribution is -3.00. The summed E-state index contributed by atoms with van der Waals surface area (Å²) in [5, 5.41) is 2.26. The highest BCUT2D eigenvalue weighted by Crippen LogP contribution is 2.12. The molecule has 1 aromatic heterocycles. The van der Waals surface area contributed by atoms with Crippen LogP contribution in [-0.2, 0) is 0 Å². The number of pyridine rings is 1. The van der Waals surface area contributed by atoms with E-state index >= 15 is 0 Å². The molecule has 0 bridgehead atoms. The van der Waals surface area contributed by atoms with Gasteiger partial charge in [0.25, 0.3) is 0 Å². The molecule has 140 valence electrons. The first kappa shape index (κ1) is 23.4. The van der Waals surface area contributed by atoms with Gasteiger partial charge < -0.3 is 12.4 Å². The average Bonchev–Trinajstić information content (AvgIpc) is 2.59. The molecule has 0 atom stereocenters. The highest BCUT2D eigenvalue weighted by atomic mass is 35.5. The van der Waals surface area contributed by atoms with Gasteiger partial charge in [0, 0.05) is 12.3 Å². The van der Waals surface area contributed by atoms with Crippen molar-refractivity contribution in [3.05, 3.63) is 24.4 Å². The van der Waals surface area contributed by atoms with Gasteiger partial charge in [-0.25, -0.2) is 4.98 Å². The van der Waals surface area contributed by atoms with E-state index in [1.165, 1.54) is 96.4 Å². The lowest BCUT2D eigenvalue weighted by molar-refractivity contribution is -0.575. The van der Waals surface area contributed by atoms with Crippen molar-refractivity contribution < 1.29 is 17.7 Å². The molecule has 0 saturated carbocycles. The van der Waals surface area contributed by atoms with Crippen molar-refractivity contribution in [1.29, 1.82) is 0 Å². The second kappa shape index (κ2) is 18.7. The summed E-state index contributed by atoms with van der Waals surface area (Å²) in [6, 6.07) is 6.12. The van der Waals surface area contributed by atoms with Crippen LogP contribution in [0.15, 0.2) is 24.4 Å². The Hall–Kier alpha value is -0.600. The summed E-state index contributed by atoms with van der Waals surface area (Å²) in [6.07, 6.45) is 21.9. The molecule has 1 heterocycles. The summed E-state index contributed by atoms with van der Waals surface area (Å²) in [7, 11) is 0. The van der Waals surface area contributed by atoms with E-state index in [0.29, 0.717) is 0 Å². The normalized spacial score (nSPS) is 10.5. The fourth-order valence-electron chi connectivity index (χ4n) is 3.09. The zero-order chi connectivity index (χ0) is 16.4. The van der Waals surface area contributed by atoms with Crippen molar-refractivity contribution in [3.63, 3.8) is 0 Å². The van der Waals surface area contributed by atoms with Gasteiger partial charge in [0.1, 0.15) is 0 Å². The van der Waals surface area contributed by atoms with Crippen molar-refractivity contribution in [1.82, 2.24) is 4.98 Å². The largest absolute Gasteiger partial charge is 1.00 e. The average molecular weight is 355 g/mol. The maximum absolute atomic E-state index is 4.33. The van der Waals surface area contributed by atoms with Crippen LogP contribution in [0.4, 0.5) is 5.82 Å². The van der Waals surface area contributed by atoms with Gasteiger partial charge in [-0.1, -0.05) is 90.0 Å². The Morgan fingerprint density at radius 3 is 1.67 bits per heavy atom. The fraction of sp³-hybridized carbons (Fsp3) is 0.762. The van der Waals surface area contributed by atoms with Gasteiger partial charge in [0.15, 0.2) is 0 Å². The van der Waals surface area contributed by atoms with Gasteiger partial charge >= 0.3 is 0 Å². The smallest absolute Gasteiger partial charge is 0.224 e. The second-order valence-electron chi connectivity index (χ2n) is 6.84. The fourth-order valence-corrected chi connectivity index (χ4v) is 3.09. The predicted molar refractivity (Wildman–Crippen MR) is 101 cm³/mol. The van der Waals surface area contributed by atoms with Crippen LogP contribution in [-0.4, -0.2) is 11.5 Å². The summed E-state index contributed by atoms with van der Waals surface area (Å²) in [5.41, 5.74) is 0. The Kier molecular flexibility index (Phi) is 18.3. The first-order valence-electron chi connectivity index (χ1n) is 10.2. The van der Waals surface area contributed by atoms with Gasteiger partial charge in [-0.05, 0) is 18.9 Å². The van der Waals surface area contributed by atoms with E-state index in [-0.39, 0.29) is 12.4 Å². The topological polar surface area (TPSA) is 29.5 Å². The van der Waals surface area contributed by atoms with E-state index in [1.54, 1.807) is 0 Å². The molecule has 0 amide bonds. The van der Waals surface area contributed by atoms with Crippen molar-refractivity contribution in [2.24, 2.45) is 0 Å². The molecule has 0 aliphatic rings. The predicted octanol–water partition coefficient (Wildman–Crippen LogP) is 2.76. The Morgan fingerprint density at radius 2 is 1.21 bits per heavy atom. The zero-order valence-electron chi connectivity index (χ0n) is 15.8. The zero-order valence-corrected chi connectivity index (χ0v) is 16.6. The highest BCUT2D eigenvalue weighted by Gasteiger charge is 1.97. The van der Waals surface area contributed by atoms with E-state index in [2.05, 4.69) is 29.4 Å². The summed E-state index contributed by atoms with van der Waals surface area (Å²) in [6.45, 7) is 3.47. The minimum absolute atomic E-state index is 0. The van der Waals surface area contributed by atoms with Crippen LogP contribution in [0.2, 0.25) is 0 Å². The Balaban J connectivity index is 0.00000529. The maximum atomic E-state index is 4.33. The molecule has 0 radical (unpaired) electrons. The van der Waals surface area contributed by atoms with E-state index < -0.39 is 0 Å². The molecule has 0 aromatic carbocycles. The molecule has 2 N–H and O–H groups in total. The summed E-state index contributed by atoms with van der Waals surface area (Å²) in [4.78, 5) is 4.33. The van der Waals surface area contributed by atoms with Gasteiger partial charge in [0.2, 0.25) is 5.82 Å². The number of hydrogen-bond donors (Lipinski definition) is 1. The first-order chi connectivity index (χ1) is 11.4. The molecule has 0 aliphatic heterocycles. The standard InChI is InChI=1S/C21H38N2.ClH/c1-2-3-4-5-6-7-8-9-10-11-12-13-14-16-19-22-21-18-15-17-20-23-21;/h15,17-18,20H,2-14,16,19H2,1H3,(H,22,23);1H. The van der Waals surface area contributed by atoms with Crippen molar-refractivity contribution in [2.75, 3.05) is 6.54 Å². The van der Waals surface area contributed by atoms with Crippen LogP contribution in [0, 0.1) is 0 Å². The summed E-state index contributed by atoms with van der Waals surface area (Å²) in [5.74, 6) is 1.13. The van der Waals surface area contributed by atoms with Crippen LogP contribution in [0.5, 0.6) is 0 Å². The lowest BCUT2D eigenvalue weighted by atomic mass is 10.0. The van der Waals surface area contributed by atoms with Crippen LogP contribution in [0.25, 0.3) is 0 Å². The van der Waals surface area contributed by atoms with Crippen molar-refractivity contribution in [3.8, 4) is 0 Å². The summed E-state index contributed by atoms with van der Waals surface area (Å²) < 4.78 is 0. The molecule has 24 heavy (non-hydrogen) atoms. The molecule has 3 heteroatoms. The molecule has 0 saturated heterocycles. The van der Waals surface area contributed by atoms with Gasteiger partial charge in [0.05, 0.1) is 6.54 Å². The highest BCUT2D eigenvalue weighted by molar-refractivity contribution is 5.14. The molecular weight excluding hydrogens is 316 g/mol. The quantitative estimate of drug-likeness (QED) is 0.454. The SMILES string of the molecule is CCCCCCCCCCCCCCCC[NH2+]c1ccccn1.[Cl-]. The third kappa shape index (κ3) is 15.0. The van der Waals surface area contributed by atoms with Gasteiger partial charge in [-0.2, -0.15) is 0 Å². The number of aromatic nitrogens is 1. The monoisotopic (exact) mass is 354 g/mol. The Labute approximate surface area is 156 Å². The van der Waals surface area contributed by atoms with E-state index in [1.807, 2.05) is 12.3 Å². The van der Waals surface area contributed by atoms with Crippen LogP contribution >= 0.6 is 0 Å². The van der Waals surface area contributed by atoms with Crippen LogP contribution < -0.4 is 17.7 Å². The van der Waals surface area contributed by atoms with Gasteiger partial charge in [-0.3, -0.25) is 5.32 Å². The maximum Gasteiger partial charge on any atom is 0.224 e. The number of hydrogen-bond acceptors (Lipinski definition) is 1. The first-order valence-corrected chi connectivity index (χ1v) is 10.2. The molecular formula is C21H39ClN2. The number of nitrogens with two attached hydrogens (primary N) is 1. The van der Waals surface area contributed by atoms with Crippen molar-refractivity contribution in [2.45, 2.75) is 96.8 Å². The number of nitrogens with zero attached hydrogens (tertiary/aromatic N) is 1. The van der Waals surface area contributed by atoms with E-state index in [0.717, 1.165) is 5.82 Å². The molecule has 1 aromatic rings. The van der Waals surface area contributed by atoms with E-state index in [4.69, 9.17) is 0 Å². The Morgan fingerprint density at radius 1 is 0.708 bits per heavy atom. The number of rotatable bonds is 16. The molecule has 0 fully saturated rings. The third-order valence-corrected chi connectivity index (χ3v) is 4.60. The second-order valence-corrected chi connectivity index (χ2v) is 6.84. The molecule has 0 aliphatic carbocycles. The number of halogens is 1. The number of unbranched alkanes of at least 4 members (excludes halogenated alkanes) is 13. The minimum Gasteiger partial charge on any atom is -1.00 e. The molecule has 2 nitrogen and oxygen atoms in total. The third-order valence-electron chi connectivity index (χ3n) is 4.60. The van der Waals surface area contributed by atoms with Crippen LogP contribution in [0.1, 0.15) is 96.8 Å². The van der Waals surface area contributed by atoms with Crippen molar-refractivity contribution >= 4 is 5.82 Å². The van der Waals surface area contributed by atoms with Gasteiger partial charge in [-0.15, -0.1) is 0 Å². The molecule has 0 unspecified atom stereocenters. The number of quaternary nitrogens is 1. The summed E-state index contributed by atoms with van der Waals surface area (Å²) >= 11 is 0. The van der Waals surface area contributed by atoms with E-state index in [9.17, 15) is 0 Å². The lowest BCUT2D eigenvalue weighted by Gasteiger charge is -2.03. The Bertz CT molecular complexity index is 343. The molecule has 1 rings (SSSR count). The van der Waals surface area contributed by atoms with Crippen LogP contribution in [0.3, 0.4) is 0 Å². The minimum atomic E-state index is 0.